The molecule has 0 aromatic heterocycles. The van der Waals surface area contributed by atoms with Crippen LogP contribution in [0.25, 0.3) is 0 Å². The minimum atomic E-state index is -0.0954. The Hall–Kier alpha value is -2.17. The summed E-state index contributed by atoms with van der Waals surface area (Å²) in [5.74, 6) is 1.15. The summed E-state index contributed by atoms with van der Waals surface area (Å²) in [4.78, 5) is 0. The number of hydrogen-bond acceptors (Lipinski definition) is 4. The van der Waals surface area contributed by atoms with Crippen molar-refractivity contribution in [2.75, 3.05) is 7.11 Å². The van der Waals surface area contributed by atoms with Crippen molar-refractivity contribution in [1.82, 2.24) is 5.32 Å². The van der Waals surface area contributed by atoms with Crippen molar-refractivity contribution in [3.05, 3.63) is 89.5 Å². The molecule has 24 heavy (non-hydrogen) atoms. The van der Waals surface area contributed by atoms with E-state index in [1.54, 1.807) is 18.9 Å². The largest absolute Gasteiger partial charge is 0.497 e. The summed E-state index contributed by atoms with van der Waals surface area (Å²) in [7, 11) is 1.68. The number of nitrogens with one attached hydrogen (secondary N) is 1. The van der Waals surface area contributed by atoms with E-state index in [0.717, 1.165) is 11.4 Å². The fourth-order valence-corrected chi connectivity index (χ4v) is 3.79. The first-order valence-corrected chi connectivity index (χ1v) is 8.86. The molecule has 3 N–H and O–H groups in total. The zero-order valence-electron chi connectivity index (χ0n) is 13.7. The highest BCUT2D eigenvalue weighted by atomic mass is 32.2. The van der Waals surface area contributed by atoms with Gasteiger partial charge in [0.05, 0.1) is 7.11 Å². The predicted molar refractivity (Wildman–Crippen MR) is 102 cm³/mol. The van der Waals surface area contributed by atoms with Gasteiger partial charge in [0.2, 0.25) is 0 Å². The van der Waals surface area contributed by atoms with Gasteiger partial charge in [-0.3, -0.25) is 0 Å². The van der Waals surface area contributed by atoms with Crippen LogP contribution in [0.3, 0.4) is 0 Å². The van der Waals surface area contributed by atoms with Crippen molar-refractivity contribution in [2.24, 2.45) is 5.73 Å². The fraction of sp³-hybridized carbons (Fsp3) is 0.200. The van der Waals surface area contributed by atoms with Crippen LogP contribution < -0.4 is 15.8 Å². The summed E-state index contributed by atoms with van der Waals surface area (Å²) in [6, 6.07) is 18.7. The smallest absolute Gasteiger partial charge is 0.127 e. The van der Waals surface area contributed by atoms with Crippen molar-refractivity contribution in [3.8, 4) is 5.75 Å². The van der Waals surface area contributed by atoms with Gasteiger partial charge in [0.1, 0.15) is 11.2 Å². The van der Waals surface area contributed by atoms with Gasteiger partial charge < -0.3 is 15.8 Å². The van der Waals surface area contributed by atoms with Gasteiger partial charge in [0.15, 0.2) is 0 Å². The first-order chi connectivity index (χ1) is 11.7. The summed E-state index contributed by atoms with van der Waals surface area (Å²) in [5, 5.41) is 5.51. The number of hydrogen-bond donors (Lipinski definition) is 2. The number of allylic oxidation sites excluding steroid dienone is 2. The average Bonchev–Trinajstić information content (AvgIpc) is 3.06. The topological polar surface area (TPSA) is 47.3 Å². The van der Waals surface area contributed by atoms with Crippen LogP contribution in [0.1, 0.15) is 23.0 Å². The van der Waals surface area contributed by atoms with Crippen molar-refractivity contribution >= 4 is 11.8 Å². The quantitative estimate of drug-likeness (QED) is 0.776. The number of rotatable bonds is 6. The normalized spacial score (nSPS) is 19.1. The maximum absolute atomic E-state index is 6.02. The summed E-state index contributed by atoms with van der Waals surface area (Å²) in [6.07, 6.45) is 2.02. The summed E-state index contributed by atoms with van der Waals surface area (Å²) < 4.78 is 5.29. The molecule has 2 aromatic carbocycles. The van der Waals surface area contributed by atoms with E-state index in [2.05, 4.69) is 53.7 Å². The Labute approximate surface area is 147 Å². The Kier molecular flexibility index (Phi) is 5.28. The Morgan fingerprint density at radius 2 is 1.83 bits per heavy atom. The molecule has 3 nitrogen and oxygen atoms in total. The Bertz CT molecular complexity index is 712. The number of benzene rings is 2. The van der Waals surface area contributed by atoms with Gasteiger partial charge in [-0.15, -0.1) is 6.58 Å². The fourth-order valence-electron chi connectivity index (χ4n) is 3.07. The monoisotopic (exact) mass is 338 g/mol. The van der Waals surface area contributed by atoms with E-state index in [0.29, 0.717) is 0 Å². The van der Waals surface area contributed by atoms with Crippen LogP contribution in [-0.4, -0.2) is 12.6 Å². The van der Waals surface area contributed by atoms with Crippen LogP contribution in [0.5, 0.6) is 5.75 Å². The number of thioether (sulfide) groups is 1. The molecule has 3 rings (SSSR count). The van der Waals surface area contributed by atoms with Crippen molar-refractivity contribution in [3.63, 3.8) is 0 Å². The summed E-state index contributed by atoms with van der Waals surface area (Å²) >= 11 is 1.60. The lowest BCUT2D eigenvalue weighted by Gasteiger charge is -2.27. The third-order valence-electron chi connectivity index (χ3n) is 4.26. The van der Waals surface area contributed by atoms with Crippen molar-refractivity contribution in [1.29, 1.82) is 0 Å². The number of nitrogens with two attached hydrogens (primary N) is 1. The molecule has 0 saturated carbocycles. The van der Waals surface area contributed by atoms with Gasteiger partial charge in [-0.2, -0.15) is 0 Å². The van der Waals surface area contributed by atoms with E-state index in [1.165, 1.54) is 11.1 Å². The van der Waals surface area contributed by atoms with Gasteiger partial charge >= 0.3 is 0 Å². The maximum atomic E-state index is 6.02. The van der Waals surface area contributed by atoms with Crippen molar-refractivity contribution < 1.29 is 4.74 Å². The van der Waals surface area contributed by atoms with Crippen LogP contribution in [0.4, 0.5) is 0 Å². The zero-order chi connectivity index (χ0) is 16.9. The molecule has 0 bridgehead atoms. The molecular weight excluding hydrogens is 316 g/mol. The minimum absolute atomic E-state index is 0.0954. The highest BCUT2D eigenvalue weighted by Gasteiger charge is 2.29. The van der Waals surface area contributed by atoms with Gasteiger partial charge in [-0.25, -0.2) is 0 Å². The molecule has 3 unspecified atom stereocenters. The van der Waals surface area contributed by atoms with Gasteiger partial charge in [-0.05, 0) is 28.7 Å². The maximum Gasteiger partial charge on any atom is 0.127 e. The number of methoxy groups -OCH3 is 1. The molecule has 2 aromatic rings. The predicted octanol–water partition coefficient (Wildman–Crippen LogP) is 4.17. The first-order valence-electron chi connectivity index (χ1n) is 7.92. The Morgan fingerprint density at radius 3 is 2.38 bits per heavy atom. The second kappa shape index (κ2) is 7.60. The molecule has 0 saturated heterocycles. The molecule has 3 atom stereocenters. The third kappa shape index (κ3) is 3.50. The molecule has 0 fully saturated rings. The molecule has 0 aliphatic carbocycles. The lowest BCUT2D eigenvalue weighted by Crippen LogP contribution is -2.32. The van der Waals surface area contributed by atoms with E-state index < -0.39 is 0 Å². The van der Waals surface area contributed by atoms with Gasteiger partial charge in [-0.1, -0.05) is 60.3 Å². The molecule has 0 radical (unpaired) electrons. The SMILES string of the molecule is C=CC(c1ccccc1)C(C1=CSC(N)N1)c1ccc(OC)cc1. The Balaban J connectivity index is 2.02. The van der Waals surface area contributed by atoms with Crippen LogP contribution in [0, 0.1) is 0 Å². The number of ether oxygens (including phenoxy) is 1. The van der Waals surface area contributed by atoms with Crippen LogP contribution in [-0.2, 0) is 0 Å². The van der Waals surface area contributed by atoms with Gasteiger partial charge in [0.25, 0.3) is 0 Å². The first kappa shape index (κ1) is 16.7. The van der Waals surface area contributed by atoms with E-state index in [4.69, 9.17) is 10.5 Å². The summed E-state index contributed by atoms with van der Waals surface area (Å²) in [5.41, 5.74) is 9.50. The molecule has 0 spiro atoms. The molecule has 124 valence electrons. The molecule has 0 amide bonds. The minimum Gasteiger partial charge on any atom is -0.497 e. The molecule has 4 heteroatoms. The summed E-state index contributed by atoms with van der Waals surface area (Å²) in [6.45, 7) is 4.09. The second-order valence-electron chi connectivity index (χ2n) is 5.70. The van der Waals surface area contributed by atoms with Gasteiger partial charge in [0, 0.05) is 17.5 Å². The molecule has 1 heterocycles. The van der Waals surface area contributed by atoms with Crippen molar-refractivity contribution in [2.45, 2.75) is 17.3 Å². The average molecular weight is 338 g/mol. The zero-order valence-corrected chi connectivity index (χ0v) is 14.5. The highest BCUT2D eigenvalue weighted by molar-refractivity contribution is 8.02. The van der Waals surface area contributed by atoms with E-state index in [-0.39, 0.29) is 17.3 Å². The van der Waals surface area contributed by atoms with Crippen LogP contribution in [0.2, 0.25) is 0 Å². The van der Waals surface area contributed by atoms with Crippen LogP contribution in [0.15, 0.2) is 78.4 Å². The standard InChI is InChI=1S/C20H22N2OS/c1-3-17(14-7-5-4-6-8-14)19(18-13-24-20(21)22-18)15-9-11-16(23-2)12-10-15/h3-13,17,19-20,22H,1,21H2,2H3. The van der Waals surface area contributed by atoms with E-state index >= 15 is 0 Å². The lowest BCUT2D eigenvalue weighted by molar-refractivity contribution is 0.414. The molecule has 1 aliphatic heterocycles. The lowest BCUT2D eigenvalue weighted by atomic mass is 9.79. The third-order valence-corrected chi connectivity index (χ3v) is 5.06. The highest BCUT2D eigenvalue weighted by Crippen LogP contribution is 2.41. The van der Waals surface area contributed by atoms with Crippen LogP contribution >= 0.6 is 11.8 Å². The van der Waals surface area contributed by atoms with E-state index in [1.807, 2.05) is 24.3 Å². The molecular formula is C20H22N2OS. The molecule has 1 aliphatic rings. The second-order valence-corrected chi connectivity index (χ2v) is 6.71. The van der Waals surface area contributed by atoms with E-state index in [9.17, 15) is 0 Å². The Morgan fingerprint density at radius 1 is 1.12 bits per heavy atom.